The van der Waals surface area contributed by atoms with Gasteiger partial charge in [-0.25, -0.2) is 17.9 Å². The summed E-state index contributed by atoms with van der Waals surface area (Å²) < 4.78 is 36.6. The smallest absolute Gasteiger partial charge is 0.213 e. The highest BCUT2D eigenvalue weighted by Crippen LogP contribution is 2.26. The predicted molar refractivity (Wildman–Crippen MR) is 69.2 cm³/mol. The Bertz CT molecular complexity index is 519. The minimum Gasteiger partial charge on any atom is -0.379 e. The van der Waals surface area contributed by atoms with Crippen molar-refractivity contribution in [3.05, 3.63) is 30.1 Å². The molecule has 4 nitrogen and oxygen atoms in total. The van der Waals surface area contributed by atoms with Crippen molar-refractivity contribution in [2.45, 2.75) is 37.0 Å². The summed E-state index contributed by atoms with van der Waals surface area (Å²) in [6.45, 7) is 0. The van der Waals surface area contributed by atoms with E-state index >= 15 is 0 Å². The van der Waals surface area contributed by atoms with Crippen molar-refractivity contribution >= 4 is 15.7 Å². The lowest BCUT2D eigenvalue weighted by Gasteiger charge is -2.31. The standard InChI is InChI=1S/C12H17FN2O2S/c13-9-5-1-2-6-10(9)15-11-7-3-4-8-12(11)18(14,16)17/h1-2,5-6,11-12,15H,3-4,7-8H2,(H2,14,16,17). The van der Waals surface area contributed by atoms with Gasteiger partial charge in [0, 0.05) is 6.04 Å². The van der Waals surface area contributed by atoms with Crippen LogP contribution >= 0.6 is 0 Å². The summed E-state index contributed by atoms with van der Waals surface area (Å²) in [4.78, 5) is 0. The van der Waals surface area contributed by atoms with E-state index < -0.39 is 15.3 Å². The number of hydrogen-bond acceptors (Lipinski definition) is 3. The SMILES string of the molecule is NS(=O)(=O)C1CCCCC1Nc1ccccc1F. The summed E-state index contributed by atoms with van der Waals surface area (Å²) >= 11 is 0. The quantitative estimate of drug-likeness (QED) is 0.882. The monoisotopic (exact) mass is 272 g/mol. The molecule has 0 heterocycles. The normalized spacial score (nSPS) is 24.8. The number of para-hydroxylation sites is 1. The second kappa shape index (κ2) is 5.24. The molecule has 2 unspecified atom stereocenters. The highest BCUT2D eigenvalue weighted by atomic mass is 32.2. The molecule has 3 N–H and O–H groups in total. The van der Waals surface area contributed by atoms with Gasteiger partial charge < -0.3 is 5.32 Å². The molecular formula is C12H17FN2O2S. The van der Waals surface area contributed by atoms with Crippen molar-refractivity contribution in [3.63, 3.8) is 0 Å². The zero-order valence-electron chi connectivity index (χ0n) is 9.97. The zero-order chi connectivity index (χ0) is 13.2. The molecule has 6 heteroatoms. The number of nitrogens with two attached hydrogens (primary N) is 1. The molecule has 2 rings (SSSR count). The third-order valence-electron chi connectivity index (χ3n) is 3.34. The van der Waals surface area contributed by atoms with E-state index in [-0.39, 0.29) is 11.9 Å². The molecule has 0 spiro atoms. The fourth-order valence-electron chi connectivity index (χ4n) is 2.43. The van der Waals surface area contributed by atoms with Crippen molar-refractivity contribution in [3.8, 4) is 0 Å². The van der Waals surface area contributed by atoms with Gasteiger partial charge >= 0.3 is 0 Å². The average Bonchev–Trinajstić information content (AvgIpc) is 2.31. The molecule has 1 aromatic rings. The maximum atomic E-state index is 13.5. The van der Waals surface area contributed by atoms with E-state index in [2.05, 4.69) is 5.32 Å². The average molecular weight is 272 g/mol. The lowest BCUT2D eigenvalue weighted by Crippen LogP contribution is -2.45. The van der Waals surface area contributed by atoms with Crippen LogP contribution in [0.15, 0.2) is 24.3 Å². The number of primary sulfonamides is 1. The Morgan fingerprint density at radius 1 is 1.22 bits per heavy atom. The number of hydrogen-bond donors (Lipinski definition) is 2. The van der Waals surface area contributed by atoms with Crippen LogP contribution in [0, 0.1) is 5.82 Å². The van der Waals surface area contributed by atoms with Crippen LogP contribution in [0.25, 0.3) is 0 Å². The van der Waals surface area contributed by atoms with Gasteiger partial charge in [-0.3, -0.25) is 0 Å². The Labute approximate surface area is 106 Å². The van der Waals surface area contributed by atoms with Crippen molar-refractivity contribution in [1.82, 2.24) is 0 Å². The Hall–Kier alpha value is -1.14. The molecule has 1 aliphatic carbocycles. The molecule has 1 aromatic carbocycles. The van der Waals surface area contributed by atoms with E-state index in [1.165, 1.54) is 6.07 Å². The van der Waals surface area contributed by atoms with Crippen LogP contribution in [0.5, 0.6) is 0 Å². The van der Waals surface area contributed by atoms with Gasteiger partial charge in [0.05, 0.1) is 10.9 Å². The van der Waals surface area contributed by atoms with Crippen LogP contribution < -0.4 is 10.5 Å². The van der Waals surface area contributed by atoms with Gasteiger partial charge in [0.15, 0.2) is 0 Å². The summed E-state index contributed by atoms with van der Waals surface area (Å²) in [5, 5.41) is 7.57. The van der Waals surface area contributed by atoms with Crippen molar-refractivity contribution in [1.29, 1.82) is 0 Å². The van der Waals surface area contributed by atoms with Crippen LogP contribution in [0.4, 0.5) is 10.1 Å². The molecule has 18 heavy (non-hydrogen) atoms. The van der Waals surface area contributed by atoms with Crippen molar-refractivity contribution in [2.24, 2.45) is 5.14 Å². The van der Waals surface area contributed by atoms with Gasteiger partial charge in [0.25, 0.3) is 0 Å². The second-order valence-corrected chi connectivity index (χ2v) is 6.43. The van der Waals surface area contributed by atoms with Crippen LogP contribution in [-0.4, -0.2) is 19.7 Å². The van der Waals surface area contributed by atoms with Crippen molar-refractivity contribution in [2.75, 3.05) is 5.32 Å². The Balaban J connectivity index is 2.18. The predicted octanol–water partition coefficient (Wildman–Crippen LogP) is 1.84. The molecule has 1 fully saturated rings. The second-order valence-electron chi connectivity index (χ2n) is 4.64. The molecule has 0 amide bonds. The summed E-state index contributed by atoms with van der Waals surface area (Å²) in [7, 11) is -3.59. The van der Waals surface area contributed by atoms with Crippen LogP contribution in [0.2, 0.25) is 0 Å². The van der Waals surface area contributed by atoms with Crippen LogP contribution in [-0.2, 0) is 10.0 Å². The minimum atomic E-state index is -3.59. The summed E-state index contributed by atoms with van der Waals surface area (Å²) in [5.74, 6) is -0.378. The molecule has 0 radical (unpaired) electrons. The molecule has 0 saturated heterocycles. The van der Waals surface area contributed by atoms with Crippen LogP contribution in [0.3, 0.4) is 0 Å². The fourth-order valence-corrected chi connectivity index (χ4v) is 3.59. The largest absolute Gasteiger partial charge is 0.379 e. The number of benzene rings is 1. The first-order valence-corrected chi connectivity index (χ1v) is 7.62. The van der Waals surface area contributed by atoms with Gasteiger partial charge in [-0.15, -0.1) is 0 Å². The maximum absolute atomic E-state index is 13.5. The highest BCUT2D eigenvalue weighted by molar-refractivity contribution is 7.89. The molecule has 0 aliphatic heterocycles. The molecule has 100 valence electrons. The Morgan fingerprint density at radius 3 is 2.56 bits per heavy atom. The first kappa shape index (κ1) is 13.3. The molecule has 0 bridgehead atoms. The highest BCUT2D eigenvalue weighted by Gasteiger charge is 2.33. The van der Waals surface area contributed by atoms with Gasteiger partial charge in [0.1, 0.15) is 5.82 Å². The molecule has 0 aromatic heterocycles. The summed E-state index contributed by atoms with van der Waals surface area (Å²) in [6.07, 6.45) is 3.00. The summed E-state index contributed by atoms with van der Waals surface area (Å²) in [5.41, 5.74) is 0.332. The third-order valence-corrected chi connectivity index (χ3v) is 4.75. The van der Waals surface area contributed by atoms with E-state index in [4.69, 9.17) is 5.14 Å². The van der Waals surface area contributed by atoms with Crippen LogP contribution in [0.1, 0.15) is 25.7 Å². The Morgan fingerprint density at radius 2 is 1.89 bits per heavy atom. The topological polar surface area (TPSA) is 72.2 Å². The number of halogens is 1. The third kappa shape index (κ3) is 3.00. The van der Waals surface area contributed by atoms with E-state index in [9.17, 15) is 12.8 Å². The Kier molecular flexibility index (Phi) is 3.87. The zero-order valence-corrected chi connectivity index (χ0v) is 10.8. The van der Waals surface area contributed by atoms with Gasteiger partial charge in [-0.05, 0) is 25.0 Å². The minimum absolute atomic E-state index is 0.314. The molecule has 2 atom stereocenters. The molecular weight excluding hydrogens is 255 g/mol. The summed E-state index contributed by atoms with van der Waals surface area (Å²) in [6, 6.07) is 5.94. The lowest BCUT2D eigenvalue weighted by molar-refractivity contribution is 0.449. The van der Waals surface area contributed by atoms with Gasteiger partial charge in [-0.2, -0.15) is 0 Å². The van der Waals surface area contributed by atoms with E-state index in [0.717, 1.165) is 12.8 Å². The number of anilines is 1. The van der Waals surface area contributed by atoms with Crippen molar-refractivity contribution < 1.29 is 12.8 Å². The molecule has 1 saturated carbocycles. The van der Waals surface area contributed by atoms with Gasteiger partial charge in [-0.1, -0.05) is 25.0 Å². The number of rotatable bonds is 3. The fraction of sp³-hybridized carbons (Fsp3) is 0.500. The first-order chi connectivity index (χ1) is 8.48. The van der Waals surface area contributed by atoms with Gasteiger partial charge in [0.2, 0.25) is 10.0 Å². The number of sulfonamides is 1. The first-order valence-electron chi connectivity index (χ1n) is 6.01. The number of nitrogens with one attached hydrogen (secondary N) is 1. The lowest BCUT2D eigenvalue weighted by atomic mass is 9.94. The molecule has 1 aliphatic rings. The van der Waals surface area contributed by atoms with E-state index in [0.29, 0.717) is 18.5 Å². The van der Waals surface area contributed by atoms with E-state index in [1.54, 1.807) is 18.2 Å². The maximum Gasteiger partial charge on any atom is 0.213 e. The van der Waals surface area contributed by atoms with E-state index in [1.807, 2.05) is 0 Å².